The second kappa shape index (κ2) is 5.04. The predicted octanol–water partition coefficient (Wildman–Crippen LogP) is 1.79. The maximum absolute atomic E-state index is 13.3. The Morgan fingerprint density at radius 2 is 2.39 bits per heavy atom. The molecule has 1 unspecified atom stereocenters. The Kier molecular flexibility index (Phi) is 3.63. The lowest BCUT2D eigenvalue weighted by Crippen LogP contribution is -2.39. The number of nitrogens with two attached hydrogens (primary N) is 1. The molecular weight excluding hydrogens is 235 g/mol. The number of hydrogen-bond donors (Lipinski definition) is 2. The van der Waals surface area contributed by atoms with Gasteiger partial charge in [0.1, 0.15) is 11.4 Å². The van der Waals surface area contributed by atoms with Crippen molar-refractivity contribution in [3.8, 4) is 0 Å². The van der Waals surface area contributed by atoms with Crippen LogP contribution in [0.1, 0.15) is 25.3 Å². The van der Waals surface area contributed by atoms with E-state index >= 15 is 0 Å². The van der Waals surface area contributed by atoms with Gasteiger partial charge in [-0.1, -0.05) is 0 Å². The first-order valence-electron chi connectivity index (χ1n) is 5.99. The number of hydrogen-bond acceptors (Lipinski definition) is 3. The van der Waals surface area contributed by atoms with E-state index in [-0.39, 0.29) is 18.3 Å². The van der Waals surface area contributed by atoms with Crippen molar-refractivity contribution < 1.29 is 13.9 Å². The summed E-state index contributed by atoms with van der Waals surface area (Å²) in [6.07, 6.45) is 1.57. The van der Waals surface area contributed by atoms with Crippen molar-refractivity contribution in [2.45, 2.75) is 31.9 Å². The summed E-state index contributed by atoms with van der Waals surface area (Å²) in [5.74, 6) is -0.562. The van der Waals surface area contributed by atoms with Gasteiger partial charge in [0.2, 0.25) is 0 Å². The van der Waals surface area contributed by atoms with E-state index in [2.05, 4.69) is 5.32 Å². The molecule has 0 bridgehead atoms. The lowest BCUT2D eigenvalue weighted by atomic mass is 10.0. The van der Waals surface area contributed by atoms with Crippen LogP contribution < -0.4 is 11.1 Å². The number of amides is 1. The van der Waals surface area contributed by atoms with Crippen molar-refractivity contribution in [1.29, 1.82) is 0 Å². The molecule has 0 aliphatic carbocycles. The lowest BCUT2D eigenvalue weighted by molar-refractivity contribution is -0.133. The molecule has 1 heterocycles. The molecule has 4 nitrogen and oxygen atoms in total. The highest BCUT2D eigenvalue weighted by molar-refractivity contribution is 5.97. The molecule has 0 aromatic heterocycles. The quantitative estimate of drug-likeness (QED) is 0.862. The van der Waals surface area contributed by atoms with Crippen molar-refractivity contribution in [2.75, 3.05) is 11.9 Å². The van der Waals surface area contributed by atoms with Gasteiger partial charge in [0.15, 0.2) is 0 Å². The summed E-state index contributed by atoms with van der Waals surface area (Å²) in [6.45, 7) is 2.47. The zero-order chi connectivity index (χ0) is 13.2. The molecule has 3 N–H and O–H groups in total. The molecule has 1 aliphatic rings. The van der Waals surface area contributed by atoms with Crippen LogP contribution >= 0.6 is 0 Å². The summed E-state index contributed by atoms with van der Waals surface area (Å²) >= 11 is 0. The highest BCUT2D eigenvalue weighted by atomic mass is 19.1. The third-order valence-electron chi connectivity index (χ3n) is 3.22. The van der Waals surface area contributed by atoms with E-state index in [0.717, 1.165) is 6.42 Å². The molecule has 2 rings (SSSR count). The van der Waals surface area contributed by atoms with Crippen LogP contribution in [0, 0.1) is 5.82 Å². The minimum absolute atomic E-state index is 0.101. The summed E-state index contributed by atoms with van der Waals surface area (Å²) in [5.41, 5.74) is 5.56. The van der Waals surface area contributed by atoms with Gasteiger partial charge >= 0.3 is 0 Å². The first-order chi connectivity index (χ1) is 8.55. The van der Waals surface area contributed by atoms with Crippen molar-refractivity contribution in [3.05, 3.63) is 29.6 Å². The molecule has 18 heavy (non-hydrogen) atoms. The number of carbonyl (C=O) groups excluding carboxylic acids is 1. The number of nitrogens with one attached hydrogen (secondary N) is 1. The minimum atomic E-state index is -0.780. The van der Waals surface area contributed by atoms with Gasteiger partial charge in [0.05, 0.1) is 0 Å². The summed E-state index contributed by atoms with van der Waals surface area (Å²) in [6, 6.07) is 4.37. The topological polar surface area (TPSA) is 64.4 Å². The minimum Gasteiger partial charge on any atom is -0.365 e. The van der Waals surface area contributed by atoms with Gasteiger partial charge in [-0.2, -0.15) is 0 Å². The Labute approximate surface area is 105 Å². The standard InChI is InChI=1S/C13H17FN2O2/c1-13(5-2-6-18-13)12(17)16-10-3-4-11(14)9(7-10)8-15/h3-4,7H,2,5-6,8,15H2,1H3,(H,16,17). The van der Waals surface area contributed by atoms with Gasteiger partial charge < -0.3 is 15.8 Å². The molecule has 1 fully saturated rings. The molecule has 98 valence electrons. The second-order valence-electron chi connectivity index (χ2n) is 4.65. The smallest absolute Gasteiger partial charge is 0.256 e. The van der Waals surface area contributed by atoms with Crippen LogP contribution in [0.25, 0.3) is 0 Å². The summed E-state index contributed by atoms with van der Waals surface area (Å²) in [5, 5.41) is 2.74. The maximum Gasteiger partial charge on any atom is 0.256 e. The molecule has 1 atom stereocenters. The fourth-order valence-corrected chi connectivity index (χ4v) is 2.03. The van der Waals surface area contributed by atoms with Gasteiger partial charge in [-0.25, -0.2) is 4.39 Å². The lowest BCUT2D eigenvalue weighted by Gasteiger charge is -2.22. The van der Waals surface area contributed by atoms with Crippen molar-refractivity contribution >= 4 is 11.6 Å². The number of carbonyl (C=O) groups is 1. The van der Waals surface area contributed by atoms with Crippen LogP contribution in [-0.2, 0) is 16.1 Å². The monoisotopic (exact) mass is 252 g/mol. The largest absolute Gasteiger partial charge is 0.365 e. The predicted molar refractivity (Wildman–Crippen MR) is 66.5 cm³/mol. The van der Waals surface area contributed by atoms with Crippen LogP contribution in [0.15, 0.2) is 18.2 Å². The fraction of sp³-hybridized carbons (Fsp3) is 0.462. The van der Waals surface area contributed by atoms with E-state index in [1.807, 2.05) is 0 Å². The van der Waals surface area contributed by atoms with Crippen molar-refractivity contribution in [3.63, 3.8) is 0 Å². The highest BCUT2D eigenvalue weighted by Gasteiger charge is 2.37. The Hall–Kier alpha value is -1.46. The average Bonchev–Trinajstić information content (AvgIpc) is 2.80. The zero-order valence-electron chi connectivity index (χ0n) is 10.3. The van der Waals surface area contributed by atoms with Crippen LogP contribution in [0.4, 0.5) is 10.1 Å². The Bertz CT molecular complexity index is 456. The third-order valence-corrected chi connectivity index (χ3v) is 3.22. The molecule has 1 aromatic rings. The number of anilines is 1. The van der Waals surface area contributed by atoms with Gasteiger partial charge in [-0.3, -0.25) is 4.79 Å². The van der Waals surface area contributed by atoms with E-state index in [4.69, 9.17) is 10.5 Å². The fourth-order valence-electron chi connectivity index (χ4n) is 2.03. The van der Waals surface area contributed by atoms with E-state index in [1.54, 1.807) is 13.0 Å². The highest BCUT2D eigenvalue weighted by Crippen LogP contribution is 2.27. The number of rotatable bonds is 3. The Balaban J connectivity index is 2.11. The molecule has 0 radical (unpaired) electrons. The number of halogens is 1. The molecule has 0 saturated carbocycles. The first-order valence-corrected chi connectivity index (χ1v) is 5.99. The second-order valence-corrected chi connectivity index (χ2v) is 4.65. The van der Waals surface area contributed by atoms with Crippen molar-refractivity contribution in [2.24, 2.45) is 5.73 Å². The van der Waals surface area contributed by atoms with Crippen molar-refractivity contribution in [1.82, 2.24) is 0 Å². The molecule has 1 saturated heterocycles. The SMILES string of the molecule is CC1(C(=O)Nc2ccc(F)c(CN)c2)CCCO1. The molecular formula is C13H17FN2O2. The van der Waals surface area contributed by atoms with E-state index in [1.165, 1.54) is 12.1 Å². The van der Waals surface area contributed by atoms with Gasteiger partial charge in [-0.15, -0.1) is 0 Å². The maximum atomic E-state index is 13.3. The summed E-state index contributed by atoms with van der Waals surface area (Å²) in [4.78, 5) is 12.1. The van der Waals surface area contributed by atoms with Gasteiger partial charge in [0, 0.05) is 24.4 Å². The zero-order valence-corrected chi connectivity index (χ0v) is 10.3. The van der Waals surface area contributed by atoms with Crippen LogP contribution in [-0.4, -0.2) is 18.1 Å². The summed E-state index contributed by atoms with van der Waals surface area (Å²) < 4.78 is 18.7. The Morgan fingerprint density at radius 1 is 1.61 bits per heavy atom. The van der Waals surface area contributed by atoms with E-state index < -0.39 is 5.60 Å². The Morgan fingerprint density at radius 3 is 3.00 bits per heavy atom. The molecule has 1 aromatic carbocycles. The van der Waals surface area contributed by atoms with Crippen LogP contribution in [0.5, 0.6) is 0 Å². The van der Waals surface area contributed by atoms with Gasteiger partial charge in [0.25, 0.3) is 5.91 Å². The normalized spacial score (nSPS) is 23.1. The van der Waals surface area contributed by atoms with Gasteiger partial charge in [-0.05, 0) is 38.0 Å². The number of ether oxygens (including phenoxy) is 1. The summed E-state index contributed by atoms with van der Waals surface area (Å²) in [7, 11) is 0. The van der Waals surface area contributed by atoms with Crippen LogP contribution in [0.3, 0.4) is 0 Å². The molecule has 5 heteroatoms. The van der Waals surface area contributed by atoms with E-state index in [9.17, 15) is 9.18 Å². The molecule has 0 spiro atoms. The third kappa shape index (κ3) is 2.52. The van der Waals surface area contributed by atoms with E-state index in [0.29, 0.717) is 24.3 Å². The number of benzene rings is 1. The molecule has 1 amide bonds. The average molecular weight is 252 g/mol. The first kappa shape index (κ1) is 13.0. The van der Waals surface area contributed by atoms with Crippen LogP contribution in [0.2, 0.25) is 0 Å². The molecule has 1 aliphatic heterocycles.